The van der Waals surface area contributed by atoms with Crippen LogP contribution in [-0.4, -0.2) is 28.4 Å². The molecule has 0 unspecified atom stereocenters. The summed E-state index contributed by atoms with van der Waals surface area (Å²) in [6.45, 7) is 25.8. The van der Waals surface area contributed by atoms with Crippen LogP contribution in [0.5, 0.6) is 34.5 Å². The van der Waals surface area contributed by atoms with Crippen LogP contribution in [0.1, 0.15) is 105 Å². The Hall–Kier alpha value is -6.08. The van der Waals surface area contributed by atoms with Gasteiger partial charge in [0.25, 0.3) is 0 Å². The van der Waals surface area contributed by atoms with Crippen molar-refractivity contribution in [3.8, 4) is 45.6 Å². The van der Waals surface area contributed by atoms with Crippen molar-refractivity contribution in [3.05, 3.63) is 119 Å². The van der Waals surface area contributed by atoms with E-state index in [1.54, 1.807) is 28.4 Å². The number of benzene rings is 6. The molecule has 358 valence electrons. The normalized spacial score (nSPS) is 12.4. The van der Waals surface area contributed by atoms with E-state index < -0.39 is 27.3 Å². The van der Waals surface area contributed by atoms with Gasteiger partial charge in [-0.3, -0.25) is 0 Å². The molecule has 2 heterocycles. The van der Waals surface area contributed by atoms with Crippen molar-refractivity contribution in [1.82, 2.24) is 0 Å². The van der Waals surface area contributed by atoms with Gasteiger partial charge in [-0.15, -0.1) is 0 Å². The number of methoxy groups -OCH3 is 4. The van der Waals surface area contributed by atoms with Crippen LogP contribution in [0.25, 0.3) is 55.0 Å². The number of hydrogen-bond acceptors (Lipinski definition) is 10. The molecule has 0 radical (unpaired) electrons. The first-order valence-corrected chi connectivity index (χ1v) is 25.0. The van der Waals surface area contributed by atoms with E-state index in [0.717, 1.165) is 43.8 Å². The third kappa shape index (κ3) is 9.51. The summed E-state index contributed by atoms with van der Waals surface area (Å²) in [7, 11) is 2.36. The molecular formula is C56H64O10P2. The Morgan fingerprint density at radius 2 is 0.662 bits per heavy atom. The summed E-state index contributed by atoms with van der Waals surface area (Å²) in [5, 5.41) is 3.44. The van der Waals surface area contributed by atoms with E-state index >= 15 is 0 Å². The van der Waals surface area contributed by atoms with Crippen molar-refractivity contribution in [3.63, 3.8) is 0 Å². The molecule has 0 spiro atoms. The van der Waals surface area contributed by atoms with E-state index in [0.29, 0.717) is 68.0 Å². The Bertz CT molecular complexity index is 3140. The fourth-order valence-corrected chi connectivity index (χ4v) is 10.7. The molecule has 8 rings (SSSR count). The minimum absolute atomic E-state index is 0.376. The Labute approximate surface area is 401 Å². The summed E-state index contributed by atoms with van der Waals surface area (Å²) in [6.07, 6.45) is 0. The Morgan fingerprint density at radius 3 is 1.00 bits per heavy atom. The molecule has 12 heteroatoms. The number of para-hydroxylation sites is 2. The molecular weight excluding hydrogens is 895 g/mol. The quantitative estimate of drug-likeness (QED) is 0.139. The largest absolute Gasteiger partial charge is 0.497 e. The molecule has 0 aliphatic carbocycles. The van der Waals surface area contributed by atoms with Gasteiger partial charge in [0.05, 0.1) is 28.4 Å². The molecule has 0 aliphatic rings. The Balaban J connectivity index is 1.51. The van der Waals surface area contributed by atoms with Gasteiger partial charge in [-0.1, -0.05) is 119 Å². The summed E-state index contributed by atoms with van der Waals surface area (Å²) in [5.74, 6) is 3.69. The van der Waals surface area contributed by atoms with E-state index in [-0.39, 0.29) is 10.8 Å². The predicted molar refractivity (Wildman–Crippen MR) is 278 cm³/mol. The summed E-state index contributed by atoms with van der Waals surface area (Å²) in [6, 6.07) is 31.9. The lowest BCUT2D eigenvalue weighted by Crippen LogP contribution is -2.15. The first-order chi connectivity index (χ1) is 32.0. The maximum Gasteiger partial charge on any atom is 0.453 e. The molecule has 2 aromatic heterocycles. The summed E-state index contributed by atoms with van der Waals surface area (Å²) in [4.78, 5) is 0. The molecule has 0 N–H and O–H groups in total. The highest BCUT2D eigenvalue weighted by Crippen LogP contribution is 2.54. The second kappa shape index (κ2) is 18.1. The molecule has 68 heavy (non-hydrogen) atoms. The van der Waals surface area contributed by atoms with Crippen LogP contribution in [0, 0.1) is 0 Å². The molecule has 0 saturated heterocycles. The molecule has 0 amide bonds. The summed E-state index contributed by atoms with van der Waals surface area (Å²) >= 11 is 0. The van der Waals surface area contributed by atoms with E-state index in [2.05, 4.69) is 83.1 Å². The highest BCUT2D eigenvalue weighted by molar-refractivity contribution is 7.32. The van der Waals surface area contributed by atoms with Crippen molar-refractivity contribution >= 4 is 60.4 Å². The molecule has 0 bridgehead atoms. The van der Waals surface area contributed by atoms with Crippen LogP contribution in [0.15, 0.2) is 114 Å². The van der Waals surface area contributed by atoms with Crippen molar-refractivity contribution in [2.75, 3.05) is 28.4 Å². The summed E-state index contributed by atoms with van der Waals surface area (Å²) in [5.41, 5.74) is 5.78. The zero-order valence-corrected chi connectivity index (χ0v) is 44.0. The standard InChI is InChI=1S/C56H64O10P2/c1-53(2,3)43-29-33(57-13)25-39(49(43)63-67-61-47-23-19-17-21-37(47)38-22-18-20-24-48(38)62-67)40-26-34(58-14)30-44(54(4,5)6)50(40)64-68-65-51-41(27-35(59-15)31-45(51)55(7,8)9)42-28-36(60-16)32-46(52(42)66-68)56(10,11)12/h17-32H,1-16H3. The van der Waals surface area contributed by atoms with Crippen molar-refractivity contribution in [1.29, 1.82) is 0 Å². The lowest BCUT2D eigenvalue weighted by molar-refractivity contribution is 0.408. The van der Waals surface area contributed by atoms with Crippen LogP contribution >= 0.6 is 16.5 Å². The molecule has 0 atom stereocenters. The predicted octanol–water partition coefficient (Wildman–Crippen LogP) is 17.5. The van der Waals surface area contributed by atoms with Crippen LogP contribution in [-0.2, 0) is 21.7 Å². The highest BCUT2D eigenvalue weighted by atomic mass is 31.1. The zero-order valence-electron chi connectivity index (χ0n) is 42.2. The first-order valence-electron chi connectivity index (χ1n) is 22.8. The van der Waals surface area contributed by atoms with Gasteiger partial charge in [-0.25, -0.2) is 0 Å². The van der Waals surface area contributed by atoms with E-state index in [9.17, 15) is 0 Å². The highest BCUT2D eigenvalue weighted by Gasteiger charge is 2.33. The van der Waals surface area contributed by atoms with Crippen molar-refractivity contribution in [2.24, 2.45) is 0 Å². The van der Waals surface area contributed by atoms with Gasteiger partial charge >= 0.3 is 16.5 Å². The maximum atomic E-state index is 7.45. The molecule has 10 nitrogen and oxygen atoms in total. The lowest BCUT2D eigenvalue weighted by Gasteiger charge is -2.28. The second-order valence-electron chi connectivity index (χ2n) is 21.2. The number of ether oxygens (including phenoxy) is 4. The monoisotopic (exact) mass is 958 g/mol. The van der Waals surface area contributed by atoms with E-state index in [4.69, 9.17) is 44.8 Å². The molecule has 0 saturated carbocycles. The van der Waals surface area contributed by atoms with Gasteiger partial charge in [0.15, 0.2) is 0 Å². The third-order valence-corrected chi connectivity index (χ3v) is 14.1. The Morgan fingerprint density at radius 1 is 0.353 bits per heavy atom. The van der Waals surface area contributed by atoms with Crippen LogP contribution in [0.3, 0.4) is 0 Å². The number of fused-ring (bicyclic) bond motifs is 6. The number of hydrogen-bond donors (Lipinski definition) is 0. The first kappa shape index (κ1) is 48.4. The van der Waals surface area contributed by atoms with Crippen LogP contribution < -0.4 is 28.0 Å². The third-order valence-electron chi connectivity index (χ3n) is 12.1. The fourth-order valence-electron chi connectivity index (χ4n) is 8.41. The van der Waals surface area contributed by atoms with Crippen LogP contribution in [0.4, 0.5) is 0 Å². The molecule has 8 aromatic rings. The van der Waals surface area contributed by atoms with Crippen molar-refractivity contribution in [2.45, 2.75) is 105 Å². The lowest BCUT2D eigenvalue weighted by atomic mass is 9.81. The summed E-state index contributed by atoms with van der Waals surface area (Å²) < 4.78 is 66.5. The molecule has 0 fully saturated rings. The number of rotatable bonds is 9. The van der Waals surface area contributed by atoms with E-state index in [1.807, 2.05) is 97.1 Å². The molecule has 6 aromatic carbocycles. The van der Waals surface area contributed by atoms with Gasteiger partial charge in [0.2, 0.25) is 0 Å². The van der Waals surface area contributed by atoms with Gasteiger partial charge in [0, 0.05) is 54.9 Å². The fraction of sp³-hybridized carbons (Fsp3) is 0.357. The van der Waals surface area contributed by atoms with Crippen LogP contribution in [0.2, 0.25) is 0 Å². The molecule has 0 aliphatic heterocycles. The van der Waals surface area contributed by atoms with Gasteiger partial charge in [0.1, 0.15) is 56.8 Å². The topological polar surface area (TPSA) is 108 Å². The van der Waals surface area contributed by atoms with Gasteiger partial charge in [-0.2, -0.15) is 0 Å². The minimum Gasteiger partial charge on any atom is -0.497 e. The van der Waals surface area contributed by atoms with Gasteiger partial charge < -0.3 is 44.8 Å². The van der Waals surface area contributed by atoms with Gasteiger partial charge in [-0.05, 0) is 82.3 Å². The smallest absolute Gasteiger partial charge is 0.453 e. The zero-order chi connectivity index (χ0) is 49.1. The second-order valence-corrected chi connectivity index (χ2v) is 23.2. The minimum atomic E-state index is -2.26. The SMILES string of the molecule is COc1cc(-c2cc(OC)cc(C(C)(C)C)c2Op2oc3c(C(C)(C)C)cc(OC)cc3c3cc(OC)cc(C(C)(C)C)c3o2)c(Op2oc3ccccc3c3ccccc3o2)c(C(C)(C)C)c1. The van der Waals surface area contributed by atoms with Crippen molar-refractivity contribution < 1.29 is 44.8 Å². The average Bonchev–Trinajstić information content (AvgIpc) is 3.54. The van der Waals surface area contributed by atoms with E-state index in [1.165, 1.54) is 0 Å². The maximum absolute atomic E-state index is 7.45. The Kier molecular flexibility index (Phi) is 12.9. The average molecular weight is 959 g/mol.